The zero-order valence-corrected chi connectivity index (χ0v) is 15.5. The minimum absolute atomic E-state index is 0.532. The number of alkyl halides is 1. The van der Waals surface area contributed by atoms with Gasteiger partial charge in [-0.2, -0.15) is 0 Å². The van der Waals surface area contributed by atoms with Crippen LogP contribution in [0.2, 0.25) is 0 Å². The first-order chi connectivity index (χ1) is 9.77. The summed E-state index contributed by atoms with van der Waals surface area (Å²) in [5.41, 5.74) is 0. The average Bonchev–Trinajstić information content (AvgIpc) is 2.45. The lowest BCUT2D eigenvalue weighted by atomic mass is 9.85. The normalized spacial score (nSPS) is 18.3. The standard InChI is InChI=1S/C19H37Br/c1-2-3-4-5-6-7-8-9-10-11-13-16-19(20)17-14-12-15-18-19/h2-18H2,1H3. The van der Waals surface area contributed by atoms with Crippen LogP contribution in [-0.2, 0) is 0 Å². The third kappa shape index (κ3) is 9.42. The fourth-order valence-electron chi connectivity index (χ4n) is 3.54. The van der Waals surface area contributed by atoms with E-state index in [9.17, 15) is 0 Å². The molecule has 1 aliphatic carbocycles. The van der Waals surface area contributed by atoms with E-state index >= 15 is 0 Å². The highest BCUT2D eigenvalue weighted by atomic mass is 79.9. The van der Waals surface area contributed by atoms with Gasteiger partial charge in [0.2, 0.25) is 0 Å². The van der Waals surface area contributed by atoms with Crippen LogP contribution in [0.15, 0.2) is 0 Å². The minimum atomic E-state index is 0.532. The van der Waals surface area contributed by atoms with E-state index in [1.165, 1.54) is 109 Å². The van der Waals surface area contributed by atoms with Crippen LogP contribution in [0.5, 0.6) is 0 Å². The summed E-state index contributed by atoms with van der Waals surface area (Å²) in [5.74, 6) is 0. The summed E-state index contributed by atoms with van der Waals surface area (Å²) in [4.78, 5) is 0. The van der Waals surface area contributed by atoms with E-state index in [-0.39, 0.29) is 0 Å². The van der Waals surface area contributed by atoms with E-state index in [4.69, 9.17) is 0 Å². The molecule has 1 heteroatoms. The summed E-state index contributed by atoms with van der Waals surface area (Å²) in [6.07, 6.45) is 24.7. The number of hydrogen-bond acceptors (Lipinski definition) is 0. The minimum Gasteiger partial charge on any atom is -0.0853 e. The highest BCUT2D eigenvalue weighted by Crippen LogP contribution is 2.39. The van der Waals surface area contributed by atoms with E-state index in [2.05, 4.69) is 22.9 Å². The lowest BCUT2D eigenvalue weighted by Gasteiger charge is -2.31. The van der Waals surface area contributed by atoms with E-state index < -0.39 is 0 Å². The molecule has 20 heavy (non-hydrogen) atoms. The molecule has 1 saturated carbocycles. The Morgan fingerprint density at radius 1 is 0.650 bits per heavy atom. The molecule has 1 fully saturated rings. The smallest absolute Gasteiger partial charge is 0.0258 e. The lowest BCUT2D eigenvalue weighted by molar-refractivity contribution is 0.373. The molecule has 0 nitrogen and oxygen atoms in total. The molecule has 0 saturated heterocycles. The summed E-state index contributed by atoms with van der Waals surface area (Å²) in [6, 6.07) is 0. The lowest BCUT2D eigenvalue weighted by Crippen LogP contribution is -2.23. The van der Waals surface area contributed by atoms with Crippen molar-refractivity contribution in [1.82, 2.24) is 0 Å². The Morgan fingerprint density at radius 2 is 1.10 bits per heavy atom. The summed E-state index contributed by atoms with van der Waals surface area (Å²) in [7, 11) is 0. The first-order valence-corrected chi connectivity index (χ1v) is 10.2. The van der Waals surface area contributed by atoms with Gasteiger partial charge in [0.15, 0.2) is 0 Å². The van der Waals surface area contributed by atoms with E-state index in [0.717, 1.165) is 0 Å². The molecule has 0 unspecified atom stereocenters. The highest BCUT2D eigenvalue weighted by molar-refractivity contribution is 9.10. The van der Waals surface area contributed by atoms with Crippen molar-refractivity contribution < 1.29 is 0 Å². The molecular weight excluding hydrogens is 308 g/mol. The van der Waals surface area contributed by atoms with Crippen molar-refractivity contribution in [2.45, 2.75) is 120 Å². The van der Waals surface area contributed by atoms with Crippen molar-refractivity contribution in [3.63, 3.8) is 0 Å². The van der Waals surface area contributed by atoms with Gasteiger partial charge < -0.3 is 0 Å². The quantitative estimate of drug-likeness (QED) is 0.250. The second-order valence-corrected chi connectivity index (χ2v) is 8.68. The molecule has 1 rings (SSSR count). The largest absolute Gasteiger partial charge is 0.0853 e. The van der Waals surface area contributed by atoms with Crippen LogP contribution in [0.1, 0.15) is 116 Å². The highest BCUT2D eigenvalue weighted by Gasteiger charge is 2.27. The van der Waals surface area contributed by atoms with Crippen LogP contribution in [0.3, 0.4) is 0 Å². The maximum atomic E-state index is 4.02. The molecule has 0 spiro atoms. The molecule has 0 bridgehead atoms. The van der Waals surface area contributed by atoms with Crippen LogP contribution in [0.25, 0.3) is 0 Å². The SMILES string of the molecule is CCCCCCCCCCCCCC1(Br)CCCCC1. The zero-order valence-electron chi connectivity index (χ0n) is 13.9. The number of halogens is 1. The Labute approximate surface area is 136 Å². The first kappa shape index (κ1) is 18.5. The van der Waals surface area contributed by atoms with Crippen molar-refractivity contribution in [3.05, 3.63) is 0 Å². The van der Waals surface area contributed by atoms with Gasteiger partial charge >= 0.3 is 0 Å². The zero-order chi connectivity index (χ0) is 14.5. The van der Waals surface area contributed by atoms with Gasteiger partial charge in [0.05, 0.1) is 0 Å². The second kappa shape index (κ2) is 12.1. The summed E-state index contributed by atoms with van der Waals surface area (Å²) < 4.78 is 0.532. The molecule has 0 aromatic carbocycles. The topological polar surface area (TPSA) is 0 Å². The molecule has 0 amide bonds. The molecular formula is C19H37Br. The Morgan fingerprint density at radius 3 is 1.60 bits per heavy atom. The summed E-state index contributed by atoms with van der Waals surface area (Å²) in [5, 5.41) is 0. The van der Waals surface area contributed by atoms with E-state index in [0.29, 0.717) is 4.32 Å². The number of hydrogen-bond donors (Lipinski definition) is 0. The Bertz CT molecular complexity index is 206. The molecule has 0 N–H and O–H groups in total. The number of unbranched alkanes of at least 4 members (excludes halogenated alkanes) is 10. The van der Waals surface area contributed by atoms with Gasteiger partial charge in [-0.05, 0) is 19.3 Å². The molecule has 1 aliphatic rings. The molecule has 0 heterocycles. The fraction of sp³-hybridized carbons (Fsp3) is 1.00. The maximum absolute atomic E-state index is 4.02. The van der Waals surface area contributed by atoms with Crippen molar-refractivity contribution >= 4 is 15.9 Å². The van der Waals surface area contributed by atoms with E-state index in [1.54, 1.807) is 0 Å². The van der Waals surface area contributed by atoms with Crippen LogP contribution in [-0.4, -0.2) is 4.32 Å². The van der Waals surface area contributed by atoms with Crippen molar-refractivity contribution in [2.24, 2.45) is 0 Å². The van der Waals surface area contributed by atoms with Gasteiger partial charge in [-0.15, -0.1) is 0 Å². The van der Waals surface area contributed by atoms with Gasteiger partial charge in [0.25, 0.3) is 0 Å². The first-order valence-electron chi connectivity index (χ1n) is 9.46. The van der Waals surface area contributed by atoms with Crippen molar-refractivity contribution in [2.75, 3.05) is 0 Å². The second-order valence-electron chi connectivity index (χ2n) is 7.00. The van der Waals surface area contributed by atoms with Crippen molar-refractivity contribution in [1.29, 1.82) is 0 Å². The molecule has 0 aromatic heterocycles. The molecule has 0 aliphatic heterocycles. The molecule has 120 valence electrons. The van der Waals surface area contributed by atoms with Crippen LogP contribution in [0, 0.1) is 0 Å². The average molecular weight is 345 g/mol. The molecule has 0 aromatic rings. The van der Waals surface area contributed by atoms with Crippen LogP contribution < -0.4 is 0 Å². The van der Waals surface area contributed by atoms with Gasteiger partial charge in [0, 0.05) is 4.32 Å². The molecule has 0 atom stereocenters. The predicted molar refractivity (Wildman–Crippen MR) is 95.8 cm³/mol. The summed E-state index contributed by atoms with van der Waals surface area (Å²) >= 11 is 4.02. The van der Waals surface area contributed by atoms with E-state index in [1.807, 2.05) is 0 Å². The maximum Gasteiger partial charge on any atom is 0.0258 e. The van der Waals surface area contributed by atoms with Crippen LogP contribution >= 0.6 is 15.9 Å². The monoisotopic (exact) mass is 344 g/mol. The third-order valence-corrected chi connectivity index (χ3v) is 6.17. The van der Waals surface area contributed by atoms with Crippen LogP contribution in [0.4, 0.5) is 0 Å². The van der Waals surface area contributed by atoms with Gasteiger partial charge in [-0.25, -0.2) is 0 Å². The van der Waals surface area contributed by atoms with Gasteiger partial charge in [-0.3, -0.25) is 0 Å². The Kier molecular flexibility index (Phi) is 11.2. The summed E-state index contributed by atoms with van der Waals surface area (Å²) in [6.45, 7) is 2.30. The molecule has 0 radical (unpaired) electrons. The number of rotatable bonds is 12. The van der Waals surface area contributed by atoms with Crippen molar-refractivity contribution in [3.8, 4) is 0 Å². The Hall–Kier alpha value is 0.480. The fourth-order valence-corrected chi connectivity index (χ4v) is 4.38. The third-order valence-electron chi connectivity index (χ3n) is 4.98. The Balaban J connectivity index is 1.80. The predicted octanol–water partition coefficient (Wildman–Crippen LogP) is 7.79. The van der Waals surface area contributed by atoms with Gasteiger partial charge in [0.1, 0.15) is 0 Å². The van der Waals surface area contributed by atoms with Gasteiger partial charge in [-0.1, -0.05) is 113 Å².